The molecule has 4 rings (SSSR count). The molecular weight excluding hydrogens is 340 g/mol. The van der Waals surface area contributed by atoms with Crippen LogP contribution in [0.2, 0.25) is 5.02 Å². The van der Waals surface area contributed by atoms with Crippen molar-refractivity contribution in [1.29, 1.82) is 0 Å². The first-order valence-corrected chi connectivity index (χ1v) is 8.70. The van der Waals surface area contributed by atoms with Gasteiger partial charge in [-0.2, -0.15) is 4.98 Å². The largest absolute Gasteiger partial charge is 0.461 e. The maximum Gasteiger partial charge on any atom is 0.241 e. The minimum absolute atomic E-state index is 0.501. The molecule has 0 radical (unpaired) electrons. The van der Waals surface area contributed by atoms with Crippen molar-refractivity contribution in [2.24, 2.45) is 0 Å². The number of halogens is 1. The van der Waals surface area contributed by atoms with Gasteiger partial charge in [0.05, 0.1) is 12.8 Å². The number of furan rings is 1. The van der Waals surface area contributed by atoms with E-state index in [-0.39, 0.29) is 0 Å². The van der Waals surface area contributed by atoms with Crippen LogP contribution in [0.25, 0.3) is 11.6 Å². The van der Waals surface area contributed by atoms with Crippen LogP contribution in [0, 0.1) is 0 Å². The Balaban J connectivity index is 1.28. The number of aromatic nitrogens is 2. The molecule has 3 aromatic rings. The Hall–Kier alpha value is -2.15. The van der Waals surface area contributed by atoms with E-state index in [1.54, 1.807) is 6.26 Å². The third kappa shape index (κ3) is 4.10. The first kappa shape index (κ1) is 16.3. The fourth-order valence-electron chi connectivity index (χ4n) is 2.97. The number of hydrogen-bond donors (Lipinski definition) is 0. The van der Waals surface area contributed by atoms with E-state index in [1.165, 1.54) is 5.56 Å². The molecule has 0 unspecified atom stereocenters. The first-order valence-electron chi connectivity index (χ1n) is 8.32. The Kier molecular flexibility index (Phi) is 4.83. The number of rotatable bonds is 5. The van der Waals surface area contributed by atoms with Crippen LogP contribution in [0.4, 0.5) is 0 Å². The monoisotopic (exact) mass is 358 g/mol. The summed E-state index contributed by atoms with van der Waals surface area (Å²) < 4.78 is 10.6. The number of nitrogens with zero attached hydrogens (tertiary/aromatic N) is 4. The lowest BCUT2D eigenvalue weighted by Gasteiger charge is -2.33. The van der Waals surface area contributed by atoms with Crippen molar-refractivity contribution in [2.45, 2.75) is 13.1 Å². The Labute approximate surface area is 151 Å². The Morgan fingerprint density at radius 3 is 2.36 bits per heavy atom. The summed E-state index contributed by atoms with van der Waals surface area (Å²) in [6.45, 7) is 5.61. The smallest absolute Gasteiger partial charge is 0.241 e. The quantitative estimate of drug-likeness (QED) is 0.697. The summed E-state index contributed by atoms with van der Waals surface area (Å²) >= 11 is 5.94. The molecule has 1 fully saturated rings. The highest BCUT2D eigenvalue weighted by molar-refractivity contribution is 6.30. The highest BCUT2D eigenvalue weighted by Gasteiger charge is 2.20. The molecule has 25 heavy (non-hydrogen) atoms. The van der Waals surface area contributed by atoms with Crippen LogP contribution < -0.4 is 0 Å². The maximum absolute atomic E-state index is 5.94. The number of piperazine rings is 1. The van der Waals surface area contributed by atoms with Crippen LogP contribution in [-0.4, -0.2) is 46.1 Å². The van der Waals surface area contributed by atoms with E-state index in [2.05, 4.69) is 32.1 Å². The second-order valence-corrected chi connectivity index (χ2v) is 6.60. The highest BCUT2D eigenvalue weighted by Crippen LogP contribution is 2.17. The summed E-state index contributed by atoms with van der Waals surface area (Å²) in [7, 11) is 0. The third-order valence-electron chi connectivity index (χ3n) is 4.35. The number of benzene rings is 1. The van der Waals surface area contributed by atoms with Crippen molar-refractivity contribution >= 4 is 11.6 Å². The zero-order chi connectivity index (χ0) is 17.1. The van der Waals surface area contributed by atoms with Gasteiger partial charge in [-0.1, -0.05) is 28.9 Å². The van der Waals surface area contributed by atoms with Crippen LogP contribution in [0.15, 0.2) is 51.6 Å². The Bertz CT molecular complexity index is 793. The SMILES string of the molecule is Clc1ccc(CN2CCN(Cc3nc(-c4ccco4)no3)CC2)cc1. The van der Waals surface area contributed by atoms with Gasteiger partial charge in [-0.05, 0) is 29.8 Å². The van der Waals surface area contributed by atoms with Crippen molar-refractivity contribution < 1.29 is 8.94 Å². The van der Waals surface area contributed by atoms with Gasteiger partial charge in [0.25, 0.3) is 0 Å². The van der Waals surface area contributed by atoms with Gasteiger partial charge >= 0.3 is 0 Å². The molecule has 0 spiro atoms. The summed E-state index contributed by atoms with van der Waals surface area (Å²) in [6.07, 6.45) is 1.60. The molecule has 0 saturated carbocycles. The van der Waals surface area contributed by atoms with Crippen LogP contribution in [-0.2, 0) is 13.1 Å². The molecular formula is C18H19ClN4O2. The van der Waals surface area contributed by atoms with Gasteiger partial charge < -0.3 is 8.94 Å². The zero-order valence-corrected chi connectivity index (χ0v) is 14.5. The topological polar surface area (TPSA) is 58.5 Å². The molecule has 1 aliphatic rings. The lowest BCUT2D eigenvalue weighted by Crippen LogP contribution is -2.45. The minimum atomic E-state index is 0.501. The van der Waals surface area contributed by atoms with Gasteiger partial charge in [0.1, 0.15) is 0 Å². The highest BCUT2D eigenvalue weighted by atomic mass is 35.5. The van der Waals surface area contributed by atoms with Crippen molar-refractivity contribution in [3.8, 4) is 11.6 Å². The third-order valence-corrected chi connectivity index (χ3v) is 4.60. The summed E-state index contributed by atoms with van der Waals surface area (Å²) in [6, 6.07) is 11.7. The van der Waals surface area contributed by atoms with Gasteiger partial charge in [0, 0.05) is 37.7 Å². The molecule has 0 aliphatic carbocycles. The fraction of sp³-hybridized carbons (Fsp3) is 0.333. The molecule has 1 aromatic carbocycles. The van der Waals surface area contributed by atoms with Crippen molar-refractivity contribution in [2.75, 3.05) is 26.2 Å². The van der Waals surface area contributed by atoms with Crippen LogP contribution in [0.1, 0.15) is 11.5 Å². The second-order valence-electron chi connectivity index (χ2n) is 6.17. The van der Waals surface area contributed by atoms with Gasteiger partial charge in [-0.25, -0.2) is 0 Å². The van der Waals surface area contributed by atoms with E-state index in [9.17, 15) is 0 Å². The molecule has 0 atom stereocenters. The summed E-state index contributed by atoms with van der Waals surface area (Å²) in [5.41, 5.74) is 1.29. The molecule has 1 aliphatic heterocycles. The minimum Gasteiger partial charge on any atom is -0.461 e. The van der Waals surface area contributed by atoms with Crippen molar-refractivity contribution in [3.05, 3.63) is 59.1 Å². The first-order chi connectivity index (χ1) is 12.3. The van der Waals surface area contributed by atoms with Gasteiger partial charge in [-0.15, -0.1) is 0 Å². The summed E-state index contributed by atoms with van der Waals surface area (Å²) in [5.74, 6) is 1.75. The van der Waals surface area contributed by atoms with E-state index in [4.69, 9.17) is 20.5 Å². The number of hydrogen-bond acceptors (Lipinski definition) is 6. The van der Waals surface area contributed by atoms with E-state index in [1.807, 2.05) is 24.3 Å². The van der Waals surface area contributed by atoms with Gasteiger partial charge in [0.2, 0.25) is 11.7 Å². The van der Waals surface area contributed by atoms with Crippen LogP contribution >= 0.6 is 11.6 Å². The second kappa shape index (κ2) is 7.39. The normalized spacial score (nSPS) is 16.4. The summed E-state index contributed by atoms with van der Waals surface area (Å²) in [4.78, 5) is 9.18. The lowest BCUT2D eigenvalue weighted by atomic mass is 10.2. The lowest BCUT2D eigenvalue weighted by molar-refractivity contribution is 0.112. The fourth-order valence-corrected chi connectivity index (χ4v) is 3.10. The maximum atomic E-state index is 5.94. The zero-order valence-electron chi connectivity index (χ0n) is 13.8. The molecule has 130 valence electrons. The Morgan fingerprint density at radius 2 is 1.68 bits per heavy atom. The molecule has 0 N–H and O–H groups in total. The molecule has 7 heteroatoms. The predicted molar refractivity (Wildman–Crippen MR) is 94.0 cm³/mol. The molecule has 3 heterocycles. The van der Waals surface area contributed by atoms with Crippen LogP contribution in [0.3, 0.4) is 0 Å². The predicted octanol–water partition coefficient (Wildman–Crippen LogP) is 3.30. The van der Waals surface area contributed by atoms with Crippen molar-refractivity contribution in [1.82, 2.24) is 19.9 Å². The van der Waals surface area contributed by atoms with E-state index < -0.39 is 0 Å². The van der Waals surface area contributed by atoms with Gasteiger partial charge in [-0.3, -0.25) is 9.80 Å². The molecule has 0 bridgehead atoms. The standard InChI is InChI=1S/C18H19ClN4O2/c19-15-5-3-14(4-6-15)12-22-7-9-23(10-8-22)13-17-20-18(21-25-17)16-2-1-11-24-16/h1-6,11H,7-10,12-13H2. The average Bonchev–Trinajstić information content (AvgIpc) is 3.30. The summed E-state index contributed by atoms with van der Waals surface area (Å²) in [5, 5.41) is 4.75. The van der Waals surface area contributed by atoms with Gasteiger partial charge in [0.15, 0.2) is 5.76 Å². The molecule has 2 aromatic heterocycles. The molecule has 1 saturated heterocycles. The average molecular weight is 359 g/mol. The van der Waals surface area contributed by atoms with Crippen molar-refractivity contribution in [3.63, 3.8) is 0 Å². The van der Waals surface area contributed by atoms with E-state index >= 15 is 0 Å². The molecule has 6 nitrogen and oxygen atoms in total. The van der Waals surface area contributed by atoms with E-state index in [0.717, 1.165) is 37.7 Å². The Morgan fingerprint density at radius 1 is 0.960 bits per heavy atom. The van der Waals surface area contributed by atoms with E-state index in [0.29, 0.717) is 24.0 Å². The van der Waals surface area contributed by atoms with Crippen LogP contribution in [0.5, 0.6) is 0 Å². The molecule has 0 amide bonds.